The van der Waals surface area contributed by atoms with Crippen LogP contribution in [0, 0.1) is 0 Å². The third-order valence-electron chi connectivity index (χ3n) is 6.24. The van der Waals surface area contributed by atoms with Crippen molar-refractivity contribution < 1.29 is 17.6 Å². The average Bonchev–Trinajstić information content (AvgIpc) is 3.66. The maximum atomic E-state index is 13.7. The molecule has 0 radical (unpaired) electrons. The van der Waals surface area contributed by atoms with Gasteiger partial charge in [0.05, 0.1) is 33.6 Å². The smallest absolute Gasteiger partial charge is 0.264 e. The van der Waals surface area contributed by atoms with Crippen LogP contribution in [0.1, 0.15) is 21.7 Å². The summed E-state index contributed by atoms with van der Waals surface area (Å²) in [4.78, 5) is 20.0. The Morgan fingerprint density at radius 3 is 2.65 bits per heavy atom. The number of nitrogens with zero attached hydrogens (tertiary/aromatic N) is 3. The quantitative estimate of drug-likeness (QED) is 0.254. The minimum atomic E-state index is -3.76. The first-order valence-electron chi connectivity index (χ1n) is 11.5. The van der Waals surface area contributed by atoms with Crippen LogP contribution < -0.4 is 9.21 Å². The van der Waals surface area contributed by atoms with Gasteiger partial charge in [-0.05, 0) is 72.6 Å². The van der Waals surface area contributed by atoms with E-state index >= 15 is 0 Å². The molecule has 37 heavy (non-hydrogen) atoms. The van der Waals surface area contributed by atoms with Gasteiger partial charge in [0.25, 0.3) is 15.9 Å². The lowest BCUT2D eigenvalue weighted by Crippen LogP contribution is -2.31. The number of aromatic nitrogens is 1. The summed E-state index contributed by atoms with van der Waals surface area (Å²) >= 11 is 7.49. The number of carbonyl (C=O) groups is 1. The standard InChI is InChI=1S/C27H20ClN3O4S2/c28-20-9-12-23-25(16-20)36-27(29-23)30(17-21-5-3-15-35-21)26(32)19-7-10-22(11-8-19)37(33,34)31-14-13-18-4-1-2-6-24(18)31/h1-12,15-16H,13-14,17H2. The molecule has 1 aliphatic heterocycles. The first-order valence-corrected chi connectivity index (χ1v) is 14.1. The SMILES string of the molecule is O=C(c1ccc(S(=O)(=O)N2CCc3ccccc32)cc1)N(Cc1ccco1)c1nc2ccc(Cl)cc2s1. The van der Waals surface area contributed by atoms with Crippen LogP contribution in [-0.2, 0) is 23.0 Å². The summed E-state index contributed by atoms with van der Waals surface area (Å²) in [6.07, 6.45) is 2.22. The Bertz CT molecular complexity index is 1710. The zero-order chi connectivity index (χ0) is 25.6. The molecule has 2 aromatic heterocycles. The van der Waals surface area contributed by atoms with E-state index in [4.69, 9.17) is 16.0 Å². The average molecular weight is 550 g/mol. The zero-order valence-electron chi connectivity index (χ0n) is 19.4. The number of hydrogen-bond acceptors (Lipinski definition) is 6. The summed E-state index contributed by atoms with van der Waals surface area (Å²) in [5, 5.41) is 1.08. The fraction of sp³-hybridized carbons (Fsp3) is 0.111. The Labute approximate surface area is 222 Å². The summed E-state index contributed by atoms with van der Waals surface area (Å²) in [5.41, 5.74) is 2.77. The van der Waals surface area contributed by atoms with Gasteiger partial charge < -0.3 is 4.42 Å². The number of para-hydroxylation sites is 1. The van der Waals surface area contributed by atoms with Gasteiger partial charge in [0, 0.05) is 17.1 Å². The Balaban J connectivity index is 1.32. The van der Waals surface area contributed by atoms with Crippen molar-refractivity contribution in [3.8, 4) is 0 Å². The Morgan fingerprint density at radius 2 is 1.86 bits per heavy atom. The number of halogens is 1. The van der Waals surface area contributed by atoms with E-state index in [-0.39, 0.29) is 17.3 Å². The molecule has 1 aliphatic rings. The van der Waals surface area contributed by atoms with Crippen molar-refractivity contribution in [2.45, 2.75) is 17.9 Å². The van der Waals surface area contributed by atoms with Gasteiger partial charge in [-0.15, -0.1) is 0 Å². The van der Waals surface area contributed by atoms with E-state index in [1.54, 1.807) is 24.5 Å². The number of sulfonamides is 1. The normalized spacial score (nSPS) is 13.2. The van der Waals surface area contributed by atoms with Crippen molar-refractivity contribution in [1.29, 1.82) is 0 Å². The van der Waals surface area contributed by atoms with Gasteiger partial charge in [-0.1, -0.05) is 41.1 Å². The number of anilines is 2. The Kier molecular flexibility index (Phi) is 5.98. The fourth-order valence-electron chi connectivity index (χ4n) is 4.40. The lowest BCUT2D eigenvalue weighted by Gasteiger charge is -2.21. The highest BCUT2D eigenvalue weighted by Gasteiger charge is 2.31. The summed E-state index contributed by atoms with van der Waals surface area (Å²) in [6.45, 7) is 0.560. The molecule has 0 saturated heterocycles. The molecule has 0 atom stereocenters. The third kappa shape index (κ3) is 4.39. The van der Waals surface area contributed by atoms with E-state index in [9.17, 15) is 13.2 Å². The van der Waals surface area contributed by atoms with Crippen LogP contribution in [0.3, 0.4) is 0 Å². The maximum absolute atomic E-state index is 13.7. The number of fused-ring (bicyclic) bond motifs is 2. The molecule has 0 saturated carbocycles. The van der Waals surface area contributed by atoms with Crippen molar-refractivity contribution in [3.05, 3.63) is 107 Å². The first-order chi connectivity index (χ1) is 17.9. The minimum absolute atomic E-state index is 0.132. The Hall–Kier alpha value is -3.66. The second kappa shape index (κ2) is 9.33. The molecule has 0 fully saturated rings. The second-order valence-electron chi connectivity index (χ2n) is 8.56. The monoisotopic (exact) mass is 549 g/mol. The highest BCUT2D eigenvalue weighted by molar-refractivity contribution is 7.92. The summed E-state index contributed by atoms with van der Waals surface area (Å²) in [6, 6.07) is 22.4. The number of thiazole rings is 1. The van der Waals surface area contributed by atoms with Crippen molar-refractivity contribution >= 4 is 59.9 Å². The molecule has 3 heterocycles. The van der Waals surface area contributed by atoms with Gasteiger partial charge in [0.1, 0.15) is 5.76 Å². The number of furan rings is 1. The summed E-state index contributed by atoms with van der Waals surface area (Å²) in [5.74, 6) is 0.273. The van der Waals surface area contributed by atoms with Crippen LogP contribution in [0.15, 0.2) is 94.4 Å². The zero-order valence-corrected chi connectivity index (χ0v) is 21.8. The number of carbonyl (C=O) groups excluding carboxylic acids is 1. The van der Waals surface area contributed by atoms with Gasteiger partial charge >= 0.3 is 0 Å². The van der Waals surface area contributed by atoms with Gasteiger partial charge in [-0.2, -0.15) is 0 Å². The van der Waals surface area contributed by atoms with Crippen molar-refractivity contribution in [1.82, 2.24) is 4.98 Å². The predicted molar refractivity (Wildman–Crippen MR) is 145 cm³/mol. The summed E-state index contributed by atoms with van der Waals surface area (Å²) in [7, 11) is -3.76. The van der Waals surface area contributed by atoms with E-state index in [2.05, 4.69) is 4.98 Å². The molecule has 6 rings (SSSR count). The molecule has 1 amide bonds. The third-order valence-corrected chi connectivity index (χ3v) is 9.35. The number of benzene rings is 3. The van der Waals surface area contributed by atoms with Crippen LogP contribution >= 0.6 is 22.9 Å². The summed E-state index contributed by atoms with van der Waals surface area (Å²) < 4.78 is 34.5. The molecule has 5 aromatic rings. The lowest BCUT2D eigenvalue weighted by atomic mass is 10.2. The molecule has 0 aliphatic carbocycles. The lowest BCUT2D eigenvalue weighted by molar-refractivity contribution is 0.0983. The molecule has 7 nitrogen and oxygen atoms in total. The van der Waals surface area contributed by atoms with E-state index in [0.717, 1.165) is 15.8 Å². The molecular formula is C27H20ClN3O4S2. The van der Waals surface area contributed by atoms with E-state index in [1.807, 2.05) is 36.4 Å². The van der Waals surface area contributed by atoms with Crippen molar-refractivity contribution in [2.24, 2.45) is 0 Å². The number of rotatable bonds is 6. The minimum Gasteiger partial charge on any atom is -0.467 e. The molecule has 0 unspecified atom stereocenters. The Morgan fingerprint density at radius 1 is 1.05 bits per heavy atom. The van der Waals surface area contributed by atoms with Crippen LogP contribution in [0.5, 0.6) is 0 Å². The maximum Gasteiger partial charge on any atom is 0.264 e. The van der Waals surface area contributed by atoms with Gasteiger partial charge in [-0.25, -0.2) is 13.4 Å². The largest absolute Gasteiger partial charge is 0.467 e. The number of hydrogen-bond donors (Lipinski definition) is 0. The fourth-order valence-corrected chi connectivity index (χ4v) is 7.14. The topological polar surface area (TPSA) is 83.7 Å². The van der Waals surface area contributed by atoms with Crippen molar-refractivity contribution in [3.63, 3.8) is 0 Å². The van der Waals surface area contributed by atoms with E-state index < -0.39 is 10.0 Å². The highest BCUT2D eigenvalue weighted by atomic mass is 35.5. The van der Waals surface area contributed by atoms with Crippen LogP contribution in [0.25, 0.3) is 10.2 Å². The molecule has 186 valence electrons. The van der Waals surface area contributed by atoms with Crippen LogP contribution in [0.4, 0.5) is 10.8 Å². The van der Waals surface area contributed by atoms with Crippen molar-refractivity contribution in [2.75, 3.05) is 15.7 Å². The van der Waals surface area contributed by atoms with Gasteiger partial charge in [0.2, 0.25) is 0 Å². The molecular weight excluding hydrogens is 530 g/mol. The molecule has 3 aromatic carbocycles. The molecule has 0 spiro atoms. The van der Waals surface area contributed by atoms with E-state index in [0.29, 0.717) is 40.1 Å². The molecule has 10 heteroatoms. The van der Waals surface area contributed by atoms with Crippen LogP contribution in [-0.4, -0.2) is 25.9 Å². The molecule has 0 N–H and O–H groups in total. The molecule has 0 bridgehead atoms. The number of amides is 1. The highest BCUT2D eigenvalue weighted by Crippen LogP contribution is 2.34. The second-order valence-corrected chi connectivity index (χ2v) is 11.9. The first kappa shape index (κ1) is 23.7. The van der Waals surface area contributed by atoms with Gasteiger partial charge in [0.15, 0.2) is 5.13 Å². The van der Waals surface area contributed by atoms with E-state index in [1.165, 1.54) is 44.8 Å². The predicted octanol–water partition coefficient (Wildman–Crippen LogP) is 6.14. The van der Waals surface area contributed by atoms with Crippen LogP contribution in [0.2, 0.25) is 5.02 Å². The van der Waals surface area contributed by atoms with Gasteiger partial charge in [-0.3, -0.25) is 14.0 Å².